The van der Waals surface area contributed by atoms with E-state index in [0.717, 1.165) is 42.4 Å². The maximum absolute atomic E-state index is 10.4. The highest BCUT2D eigenvalue weighted by Crippen LogP contribution is 2.43. The van der Waals surface area contributed by atoms with Gasteiger partial charge in [-0.05, 0) is 37.4 Å². The highest BCUT2D eigenvalue weighted by molar-refractivity contribution is 9.10. The molecule has 0 bridgehead atoms. The van der Waals surface area contributed by atoms with Crippen molar-refractivity contribution in [3.63, 3.8) is 0 Å². The van der Waals surface area contributed by atoms with Crippen LogP contribution in [0.2, 0.25) is 0 Å². The van der Waals surface area contributed by atoms with E-state index in [-0.39, 0.29) is 5.75 Å². The summed E-state index contributed by atoms with van der Waals surface area (Å²) in [6.45, 7) is 4.10. The van der Waals surface area contributed by atoms with Gasteiger partial charge < -0.3 is 15.2 Å². The summed E-state index contributed by atoms with van der Waals surface area (Å²) in [5.74, 6) is 1.22. The second-order valence-corrected chi connectivity index (χ2v) is 5.50. The third-order valence-corrected chi connectivity index (χ3v) is 4.55. The maximum Gasteiger partial charge on any atom is 0.162 e. The molecule has 100 valence electrons. The Morgan fingerprint density at radius 3 is 2.89 bits per heavy atom. The number of hydrogen-bond donors (Lipinski definition) is 2. The molecule has 1 fully saturated rings. The first kappa shape index (κ1) is 13.7. The largest absolute Gasteiger partial charge is 0.504 e. The molecule has 1 atom stereocenters. The smallest absolute Gasteiger partial charge is 0.162 e. The van der Waals surface area contributed by atoms with Gasteiger partial charge >= 0.3 is 0 Å². The van der Waals surface area contributed by atoms with Crippen molar-refractivity contribution in [1.29, 1.82) is 0 Å². The van der Waals surface area contributed by atoms with E-state index in [9.17, 15) is 5.11 Å². The van der Waals surface area contributed by atoms with Gasteiger partial charge in [-0.3, -0.25) is 0 Å². The molecule has 1 aliphatic rings. The second-order valence-electron chi connectivity index (χ2n) is 4.71. The van der Waals surface area contributed by atoms with Crippen molar-refractivity contribution in [1.82, 2.24) is 5.32 Å². The second kappa shape index (κ2) is 5.93. The highest BCUT2D eigenvalue weighted by atomic mass is 79.9. The molecule has 3 nitrogen and oxygen atoms in total. The Morgan fingerprint density at radius 1 is 1.56 bits per heavy atom. The van der Waals surface area contributed by atoms with Gasteiger partial charge in [-0.2, -0.15) is 0 Å². The molecule has 0 spiro atoms. The van der Waals surface area contributed by atoms with Gasteiger partial charge in [-0.25, -0.2) is 0 Å². The van der Waals surface area contributed by atoms with Gasteiger partial charge in [0.25, 0.3) is 0 Å². The van der Waals surface area contributed by atoms with E-state index in [1.54, 1.807) is 7.11 Å². The zero-order chi connectivity index (χ0) is 13.1. The SMILES string of the molecule is CCc1cc(OC)c(O)c(C2CCCNC2)c1Br. The van der Waals surface area contributed by atoms with Gasteiger partial charge in [-0.15, -0.1) is 0 Å². The van der Waals surface area contributed by atoms with E-state index in [0.29, 0.717) is 11.7 Å². The summed E-state index contributed by atoms with van der Waals surface area (Å²) >= 11 is 3.65. The highest BCUT2D eigenvalue weighted by Gasteiger charge is 2.24. The molecule has 0 radical (unpaired) electrons. The Hall–Kier alpha value is -0.740. The minimum Gasteiger partial charge on any atom is -0.504 e. The monoisotopic (exact) mass is 313 g/mol. The molecule has 1 aromatic carbocycles. The van der Waals surface area contributed by atoms with Crippen molar-refractivity contribution in [2.45, 2.75) is 32.1 Å². The van der Waals surface area contributed by atoms with Crippen LogP contribution in [0.4, 0.5) is 0 Å². The molecule has 0 aromatic heterocycles. The summed E-state index contributed by atoms with van der Waals surface area (Å²) in [4.78, 5) is 0. The summed E-state index contributed by atoms with van der Waals surface area (Å²) in [5.41, 5.74) is 2.18. The Bertz CT molecular complexity index is 400. The molecule has 2 rings (SSSR count). The number of phenols is 1. The molecule has 1 aliphatic heterocycles. The van der Waals surface area contributed by atoms with Crippen LogP contribution in [0.1, 0.15) is 36.8 Å². The number of piperidine rings is 1. The van der Waals surface area contributed by atoms with Crippen LogP contribution in [-0.4, -0.2) is 25.3 Å². The number of ether oxygens (including phenoxy) is 1. The lowest BCUT2D eigenvalue weighted by atomic mass is 9.89. The van der Waals surface area contributed by atoms with Crippen molar-refractivity contribution in [3.05, 3.63) is 21.7 Å². The molecule has 0 saturated carbocycles. The van der Waals surface area contributed by atoms with E-state index in [4.69, 9.17) is 4.74 Å². The first-order valence-electron chi connectivity index (χ1n) is 6.48. The molecule has 2 N–H and O–H groups in total. The minimum atomic E-state index is 0.287. The van der Waals surface area contributed by atoms with Crippen LogP contribution >= 0.6 is 15.9 Å². The van der Waals surface area contributed by atoms with Gasteiger partial charge in [0, 0.05) is 22.5 Å². The summed E-state index contributed by atoms with van der Waals surface area (Å²) in [6.07, 6.45) is 3.18. The van der Waals surface area contributed by atoms with E-state index >= 15 is 0 Å². The van der Waals surface area contributed by atoms with Crippen LogP contribution < -0.4 is 10.1 Å². The molecular weight excluding hydrogens is 294 g/mol. The van der Waals surface area contributed by atoms with E-state index in [2.05, 4.69) is 28.2 Å². The molecule has 18 heavy (non-hydrogen) atoms. The fourth-order valence-electron chi connectivity index (χ4n) is 2.58. The van der Waals surface area contributed by atoms with Crippen LogP contribution in [0.3, 0.4) is 0 Å². The number of aromatic hydroxyl groups is 1. The number of hydrogen-bond acceptors (Lipinski definition) is 3. The quantitative estimate of drug-likeness (QED) is 0.900. The average molecular weight is 314 g/mol. The number of rotatable bonds is 3. The van der Waals surface area contributed by atoms with Crippen molar-refractivity contribution in [2.24, 2.45) is 0 Å². The minimum absolute atomic E-state index is 0.287. The van der Waals surface area contributed by atoms with E-state index in [1.165, 1.54) is 5.56 Å². The maximum atomic E-state index is 10.4. The fraction of sp³-hybridized carbons (Fsp3) is 0.571. The molecule has 1 saturated heterocycles. The summed E-state index contributed by atoms with van der Waals surface area (Å²) in [5, 5.41) is 13.7. The standard InChI is InChI=1S/C14H20BrNO2/c1-3-9-7-11(18-2)14(17)12(13(9)15)10-5-4-6-16-8-10/h7,10,16-17H,3-6,8H2,1-2H3. The Labute approximate surface area is 117 Å². The lowest BCUT2D eigenvalue weighted by Gasteiger charge is -2.26. The lowest BCUT2D eigenvalue weighted by Crippen LogP contribution is -2.28. The number of phenolic OH excluding ortho intramolecular Hbond substituents is 1. The zero-order valence-corrected chi connectivity index (χ0v) is 12.5. The molecule has 1 unspecified atom stereocenters. The third-order valence-electron chi connectivity index (χ3n) is 3.62. The van der Waals surface area contributed by atoms with E-state index < -0.39 is 0 Å². The topological polar surface area (TPSA) is 41.5 Å². The molecule has 0 aliphatic carbocycles. The predicted octanol–water partition coefficient (Wildman–Crippen LogP) is 3.19. The summed E-state index contributed by atoms with van der Waals surface area (Å²) in [6, 6.07) is 1.92. The third kappa shape index (κ3) is 2.50. The van der Waals surface area contributed by atoms with Crippen molar-refractivity contribution in [3.8, 4) is 11.5 Å². The lowest BCUT2D eigenvalue weighted by molar-refractivity contribution is 0.362. The molecule has 1 aromatic rings. The van der Waals surface area contributed by atoms with Gasteiger partial charge in [0.2, 0.25) is 0 Å². The molecular formula is C14H20BrNO2. The Morgan fingerprint density at radius 2 is 2.33 bits per heavy atom. The van der Waals surface area contributed by atoms with Crippen LogP contribution in [0.25, 0.3) is 0 Å². The van der Waals surface area contributed by atoms with Crippen LogP contribution in [0.5, 0.6) is 11.5 Å². The van der Waals surface area contributed by atoms with Gasteiger partial charge in [-0.1, -0.05) is 22.9 Å². The molecule has 1 heterocycles. The first-order chi connectivity index (χ1) is 8.69. The number of aryl methyl sites for hydroxylation is 1. The van der Waals surface area contributed by atoms with Crippen molar-refractivity contribution >= 4 is 15.9 Å². The fourth-order valence-corrected chi connectivity index (χ4v) is 3.49. The van der Waals surface area contributed by atoms with Gasteiger partial charge in [0.05, 0.1) is 7.11 Å². The van der Waals surface area contributed by atoms with Gasteiger partial charge in [0.1, 0.15) is 0 Å². The Balaban J connectivity index is 2.48. The number of benzene rings is 1. The van der Waals surface area contributed by atoms with Crippen LogP contribution in [0, 0.1) is 0 Å². The van der Waals surface area contributed by atoms with E-state index in [1.807, 2.05) is 6.07 Å². The molecule has 4 heteroatoms. The zero-order valence-electron chi connectivity index (χ0n) is 10.9. The first-order valence-corrected chi connectivity index (χ1v) is 7.27. The average Bonchev–Trinajstić information content (AvgIpc) is 2.40. The number of methoxy groups -OCH3 is 1. The Kier molecular flexibility index (Phi) is 4.51. The van der Waals surface area contributed by atoms with Gasteiger partial charge in [0.15, 0.2) is 11.5 Å². The van der Waals surface area contributed by atoms with Crippen molar-refractivity contribution in [2.75, 3.05) is 20.2 Å². The normalized spacial score (nSPS) is 19.8. The predicted molar refractivity (Wildman–Crippen MR) is 76.6 cm³/mol. The molecule has 0 amide bonds. The summed E-state index contributed by atoms with van der Waals surface area (Å²) in [7, 11) is 1.60. The number of halogens is 1. The summed E-state index contributed by atoms with van der Waals surface area (Å²) < 4.78 is 6.32. The van der Waals surface area contributed by atoms with Crippen molar-refractivity contribution < 1.29 is 9.84 Å². The van der Waals surface area contributed by atoms with Crippen LogP contribution in [0.15, 0.2) is 10.5 Å². The number of nitrogens with one attached hydrogen (secondary N) is 1. The van der Waals surface area contributed by atoms with Crippen LogP contribution in [-0.2, 0) is 6.42 Å².